The average molecular weight is 213 g/mol. The van der Waals surface area contributed by atoms with Gasteiger partial charge < -0.3 is 5.73 Å². The number of benzene rings is 1. The molecule has 0 saturated heterocycles. The topological polar surface area (TPSA) is 26.0 Å². The van der Waals surface area contributed by atoms with Crippen LogP contribution in [0.25, 0.3) is 6.08 Å². The summed E-state index contributed by atoms with van der Waals surface area (Å²) in [5, 5.41) is 0. The monoisotopic (exact) mass is 213 g/mol. The molecule has 0 saturated carbocycles. The SMILES string of the molecule is C=CCC(N)(CC=C)c1ccccc1C=C. The maximum Gasteiger partial charge on any atom is 0.0485 e. The van der Waals surface area contributed by atoms with Crippen LogP contribution in [0.3, 0.4) is 0 Å². The van der Waals surface area contributed by atoms with E-state index in [0.717, 1.165) is 24.0 Å². The largest absolute Gasteiger partial charge is 0.321 e. The Labute approximate surface area is 98.0 Å². The molecule has 0 atom stereocenters. The highest BCUT2D eigenvalue weighted by molar-refractivity contribution is 5.54. The van der Waals surface area contributed by atoms with E-state index >= 15 is 0 Å². The van der Waals surface area contributed by atoms with Crippen LogP contribution in [0.4, 0.5) is 0 Å². The molecule has 1 rings (SSSR count). The molecule has 0 radical (unpaired) electrons. The Morgan fingerprint density at radius 2 is 1.62 bits per heavy atom. The normalized spacial score (nSPS) is 10.8. The van der Waals surface area contributed by atoms with Crippen LogP contribution >= 0.6 is 0 Å². The van der Waals surface area contributed by atoms with Gasteiger partial charge in [0.05, 0.1) is 0 Å². The van der Waals surface area contributed by atoms with Crippen LogP contribution < -0.4 is 5.73 Å². The van der Waals surface area contributed by atoms with Gasteiger partial charge in [-0.25, -0.2) is 0 Å². The summed E-state index contributed by atoms with van der Waals surface area (Å²) >= 11 is 0. The van der Waals surface area contributed by atoms with Gasteiger partial charge in [-0.05, 0) is 24.0 Å². The summed E-state index contributed by atoms with van der Waals surface area (Å²) in [6.07, 6.45) is 6.99. The molecule has 0 aliphatic heterocycles. The zero-order chi connectivity index (χ0) is 12.0. The van der Waals surface area contributed by atoms with E-state index in [0.29, 0.717) is 0 Å². The molecule has 0 amide bonds. The Kier molecular flexibility index (Phi) is 4.27. The molecule has 0 heterocycles. The summed E-state index contributed by atoms with van der Waals surface area (Å²) in [6.45, 7) is 11.4. The van der Waals surface area contributed by atoms with Gasteiger partial charge in [0, 0.05) is 5.54 Å². The molecule has 0 unspecified atom stereocenters. The Hall–Kier alpha value is -1.60. The molecule has 1 aromatic carbocycles. The van der Waals surface area contributed by atoms with Crippen LogP contribution in [-0.4, -0.2) is 0 Å². The van der Waals surface area contributed by atoms with Crippen LogP contribution in [0.2, 0.25) is 0 Å². The fourth-order valence-electron chi connectivity index (χ4n) is 1.95. The average Bonchev–Trinajstić information content (AvgIpc) is 2.29. The zero-order valence-corrected chi connectivity index (χ0v) is 9.65. The number of rotatable bonds is 6. The van der Waals surface area contributed by atoms with Gasteiger partial charge in [0.2, 0.25) is 0 Å². The predicted molar refractivity (Wildman–Crippen MR) is 72.0 cm³/mol. The van der Waals surface area contributed by atoms with Gasteiger partial charge in [0.25, 0.3) is 0 Å². The van der Waals surface area contributed by atoms with Crippen molar-refractivity contribution in [3.8, 4) is 0 Å². The summed E-state index contributed by atoms with van der Waals surface area (Å²) in [5.41, 5.74) is 8.18. The standard InChI is InChI=1S/C15H19N/c1-4-11-15(16,12-5-2)14-10-8-7-9-13(14)6-3/h4-10H,1-3,11-12,16H2. The van der Waals surface area contributed by atoms with Crippen molar-refractivity contribution in [3.05, 3.63) is 67.3 Å². The molecule has 0 aliphatic rings. The van der Waals surface area contributed by atoms with Gasteiger partial charge in [-0.3, -0.25) is 0 Å². The Bertz CT molecular complexity index is 380. The van der Waals surface area contributed by atoms with E-state index in [2.05, 4.69) is 19.7 Å². The molecule has 1 aromatic rings. The summed E-state index contributed by atoms with van der Waals surface area (Å²) in [5.74, 6) is 0. The quantitative estimate of drug-likeness (QED) is 0.717. The molecule has 0 spiro atoms. The van der Waals surface area contributed by atoms with E-state index < -0.39 is 5.54 Å². The van der Waals surface area contributed by atoms with Crippen molar-refractivity contribution in [1.82, 2.24) is 0 Å². The summed E-state index contributed by atoms with van der Waals surface area (Å²) in [7, 11) is 0. The van der Waals surface area contributed by atoms with Crippen molar-refractivity contribution < 1.29 is 0 Å². The van der Waals surface area contributed by atoms with Gasteiger partial charge in [-0.1, -0.05) is 49.1 Å². The molecular formula is C15H19N. The molecule has 1 nitrogen and oxygen atoms in total. The fourth-order valence-corrected chi connectivity index (χ4v) is 1.95. The Morgan fingerprint density at radius 1 is 1.06 bits per heavy atom. The lowest BCUT2D eigenvalue weighted by Gasteiger charge is -2.29. The summed E-state index contributed by atoms with van der Waals surface area (Å²) in [4.78, 5) is 0. The van der Waals surface area contributed by atoms with Gasteiger partial charge in [-0.2, -0.15) is 0 Å². The molecule has 1 heteroatoms. The van der Waals surface area contributed by atoms with Crippen LogP contribution in [0.1, 0.15) is 24.0 Å². The van der Waals surface area contributed by atoms with Crippen molar-refractivity contribution in [2.75, 3.05) is 0 Å². The highest BCUT2D eigenvalue weighted by atomic mass is 14.7. The van der Waals surface area contributed by atoms with Crippen molar-refractivity contribution in [2.24, 2.45) is 5.73 Å². The van der Waals surface area contributed by atoms with Gasteiger partial charge in [-0.15, -0.1) is 13.2 Å². The number of hydrogen-bond donors (Lipinski definition) is 1. The lowest BCUT2D eigenvalue weighted by atomic mass is 9.82. The molecule has 0 aromatic heterocycles. The highest BCUT2D eigenvalue weighted by Crippen LogP contribution is 2.30. The molecule has 2 N–H and O–H groups in total. The summed E-state index contributed by atoms with van der Waals surface area (Å²) in [6, 6.07) is 8.05. The molecular weight excluding hydrogens is 194 g/mol. The number of hydrogen-bond acceptors (Lipinski definition) is 1. The molecule has 84 valence electrons. The van der Waals surface area contributed by atoms with E-state index in [1.807, 2.05) is 42.5 Å². The van der Waals surface area contributed by atoms with Crippen LogP contribution in [-0.2, 0) is 5.54 Å². The second-order valence-electron chi connectivity index (χ2n) is 3.93. The maximum atomic E-state index is 6.43. The third kappa shape index (κ3) is 2.50. The smallest absolute Gasteiger partial charge is 0.0485 e. The molecule has 0 bridgehead atoms. The molecule has 0 aliphatic carbocycles. The van der Waals surface area contributed by atoms with Gasteiger partial charge in [0.1, 0.15) is 0 Å². The minimum atomic E-state index is -0.422. The second kappa shape index (κ2) is 5.47. The van der Waals surface area contributed by atoms with Gasteiger partial charge in [0.15, 0.2) is 0 Å². The first-order valence-corrected chi connectivity index (χ1v) is 5.40. The summed E-state index contributed by atoms with van der Waals surface area (Å²) < 4.78 is 0. The highest BCUT2D eigenvalue weighted by Gasteiger charge is 2.25. The van der Waals surface area contributed by atoms with E-state index in [1.54, 1.807) is 0 Å². The second-order valence-corrected chi connectivity index (χ2v) is 3.93. The first kappa shape index (κ1) is 12.5. The molecule has 16 heavy (non-hydrogen) atoms. The zero-order valence-electron chi connectivity index (χ0n) is 9.65. The minimum Gasteiger partial charge on any atom is -0.321 e. The van der Waals surface area contributed by atoms with Crippen LogP contribution in [0.5, 0.6) is 0 Å². The van der Waals surface area contributed by atoms with E-state index in [9.17, 15) is 0 Å². The molecule has 0 fully saturated rings. The van der Waals surface area contributed by atoms with E-state index in [1.165, 1.54) is 0 Å². The van der Waals surface area contributed by atoms with E-state index in [-0.39, 0.29) is 0 Å². The first-order valence-electron chi connectivity index (χ1n) is 5.40. The predicted octanol–water partition coefficient (Wildman–Crippen LogP) is 3.64. The fraction of sp³-hybridized carbons (Fsp3) is 0.200. The van der Waals surface area contributed by atoms with Crippen molar-refractivity contribution in [2.45, 2.75) is 18.4 Å². The van der Waals surface area contributed by atoms with E-state index in [4.69, 9.17) is 5.73 Å². The van der Waals surface area contributed by atoms with Gasteiger partial charge >= 0.3 is 0 Å². The Morgan fingerprint density at radius 3 is 2.12 bits per heavy atom. The van der Waals surface area contributed by atoms with Crippen LogP contribution in [0, 0.1) is 0 Å². The van der Waals surface area contributed by atoms with Crippen molar-refractivity contribution in [3.63, 3.8) is 0 Å². The first-order chi connectivity index (χ1) is 7.68. The lowest BCUT2D eigenvalue weighted by molar-refractivity contribution is 0.456. The maximum absolute atomic E-state index is 6.43. The van der Waals surface area contributed by atoms with Crippen LogP contribution in [0.15, 0.2) is 56.2 Å². The number of nitrogens with two attached hydrogens (primary N) is 1. The van der Waals surface area contributed by atoms with Crippen molar-refractivity contribution in [1.29, 1.82) is 0 Å². The Balaban J connectivity index is 3.23. The lowest BCUT2D eigenvalue weighted by Crippen LogP contribution is -2.36. The third-order valence-corrected chi connectivity index (χ3v) is 2.73. The third-order valence-electron chi connectivity index (χ3n) is 2.73. The van der Waals surface area contributed by atoms with Crippen molar-refractivity contribution >= 4 is 6.08 Å². The minimum absolute atomic E-state index is 0.422.